The molecule has 0 fully saturated rings. The predicted molar refractivity (Wildman–Crippen MR) is 86.9 cm³/mol. The second-order valence-corrected chi connectivity index (χ2v) is 5.54. The summed E-state index contributed by atoms with van der Waals surface area (Å²) in [6, 6.07) is 7.76. The highest BCUT2D eigenvalue weighted by Gasteiger charge is 2.13. The van der Waals surface area contributed by atoms with Crippen LogP contribution in [-0.4, -0.2) is 16.4 Å². The minimum atomic E-state index is 0.460. The zero-order valence-corrected chi connectivity index (χ0v) is 14.3. The van der Waals surface area contributed by atoms with Gasteiger partial charge in [-0.25, -0.2) is 0 Å². The number of aromatic nitrogens is 2. The van der Waals surface area contributed by atoms with Gasteiger partial charge in [0.15, 0.2) is 11.5 Å². The molecule has 2 rings (SSSR count). The Bertz CT molecular complexity index is 596. The van der Waals surface area contributed by atoms with Crippen molar-refractivity contribution in [1.82, 2.24) is 9.78 Å². The Kier molecular flexibility index (Phi) is 5.67. The highest BCUT2D eigenvalue weighted by molar-refractivity contribution is 9.10. The standard InChI is InChI=1S/C16H21BrN2O2/c1-4-10-20-14-8-6-7-9-15(14)21-11-13-16(17)12(3)18-19(13)5-2/h6-9H,4-5,10-11H2,1-3H3. The summed E-state index contributed by atoms with van der Waals surface area (Å²) in [5.74, 6) is 1.55. The molecule has 0 radical (unpaired) electrons. The van der Waals surface area contributed by atoms with Gasteiger partial charge in [-0.05, 0) is 48.3 Å². The molecule has 21 heavy (non-hydrogen) atoms. The molecule has 0 aliphatic heterocycles. The second-order valence-electron chi connectivity index (χ2n) is 4.75. The van der Waals surface area contributed by atoms with E-state index in [1.54, 1.807) is 0 Å². The lowest BCUT2D eigenvalue weighted by Crippen LogP contribution is -2.07. The van der Waals surface area contributed by atoms with E-state index in [4.69, 9.17) is 9.47 Å². The van der Waals surface area contributed by atoms with Crippen LogP contribution in [0, 0.1) is 6.92 Å². The summed E-state index contributed by atoms with van der Waals surface area (Å²) in [6.45, 7) is 8.11. The summed E-state index contributed by atoms with van der Waals surface area (Å²) in [5, 5.41) is 4.47. The molecule has 0 N–H and O–H groups in total. The van der Waals surface area contributed by atoms with E-state index >= 15 is 0 Å². The Morgan fingerprint density at radius 1 is 1.14 bits per heavy atom. The maximum absolute atomic E-state index is 5.94. The maximum atomic E-state index is 5.94. The van der Waals surface area contributed by atoms with Crippen molar-refractivity contribution in [2.75, 3.05) is 6.61 Å². The van der Waals surface area contributed by atoms with Crippen molar-refractivity contribution in [1.29, 1.82) is 0 Å². The molecule has 4 nitrogen and oxygen atoms in total. The number of aryl methyl sites for hydroxylation is 2. The minimum absolute atomic E-state index is 0.460. The molecule has 5 heteroatoms. The molecule has 0 aliphatic rings. The van der Waals surface area contributed by atoms with Gasteiger partial charge in [-0.1, -0.05) is 19.1 Å². The Labute approximate surface area is 134 Å². The van der Waals surface area contributed by atoms with Crippen molar-refractivity contribution in [3.8, 4) is 11.5 Å². The van der Waals surface area contributed by atoms with E-state index in [-0.39, 0.29) is 0 Å². The number of hydrogen-bond donors (Lipinski definition) is 0. The summed E-state index contributed by atoms with van der Waals surface area (Å²) in [7, 11) is 0. The van der Waals surface area contributed by atoms with Crippen LogP contribution in [-0.2, 0) is 13.2 Å². The van der Waals surface area contributed by atoms with Crippen LogP contribution in [0.1, 0.15) is 31.7 Å². The fraction of sp³-hybridized carbons (Fsp3) is 0.438. The van der Waals surface area contributed by atoms with Gasteiger partial charge in [0.25, 0.3) is 0 Å². The fourth-order valence-corrected chi connectivity index (χ4v) is 2.45. The quantitative estimate of drug-likeness (QED) is 0.743. The molecule has 0 saturated heterocycles. The summed E-state index contributed by atoms with van der Waals surface area (Å²) in [4.78, 5) is 0. The normalized spacial score (nSPS) is 10.7. The number of halogens is 1. The van der Waals surface area contributed by atoms with Crippen molar-refractivity contribution in [3.63, 3.8) is 0 Å². The van der Waals surface area contributed by atoms with Crippen LogP contribution in [0.25, 0.3) is 0 Å². The van der Waals surface area contributed by atoms with Crippen molar-refractivity contribution < 1.29 is 9.47 Å². The summed E-state index contributed by atoms with van der Waals surface area (Å²) < 4.78 is 14.6. The second kappa shape index (κ2) is 7.50. The number of ether oxygens (including phenoxy) is 2. The molecule has 0 aliphatic carbocycles. The highest BCUT2D eigenvalue weighted by Crippen LogP contribution is 2.29. The van der Waals surface area contributed by atoms with Crippen molar-refractivity contribution in [2.24, 2.45) is 0 Å². The van der Waals surface area contributed by atoms with E-state index in [0.717, 1.165) is 40.3 Å². The topological polar surface area (TPSA) is 36.3 Å². The molecule has 114 valence electrons. The van der Waals surface area contributed by atoms with Gasteiger partial charge in [-0.2, -0.15) is 5.10 Å². The number of benzene rings is 1. The van der Waals surface area contributed by atoms with Gasteiger partial charge in [0.1, 0.15) is 6.61 Å². The van der Waals surface area contributed by atoms with Crippen molar-refractivity contribution >= 4 is 15.9 Å². The van der Waals surface area contributed by atoms with E-state index in [0.29, 0.717) is 13.2 Å². The lowest BCUT2D eigenvalue weighted by atomic mass is 10.3. The summed E-state index contributed by atoms with van der Waals surface area (Å²) >= 11 is 3.58. The third kappa shape index (κ3) is 3.79. The van der Waals surface area contributed by atoms with Crippen LogP contribution in [0.4, 0.5) is 0 Å². The van der Waals surface area contributed by atoms with E-state index in [9.17, 15) is 0 Å². The number of para-hydroxylation sites is 2. The molecule has 1 aromatic heterocycles. The van der Waals surface area contributed by atoms with Crippen LogP contribution < -0.4 is 9.47 Å². The molecular weight excluding hydrogens is 332 g/mol. The Hall–Kier alpha value is -1.49. The molecule has 0 amide bonds. The van der Waals surface area contributed by atoms with Crippen LogP contribution in [0.3, 0.4) is 0 Å². The molecule has 0 saturated carbocycles. The van der Waals surface area contributed by atoms with Gasteiger partial charge in [0.05, 0.1) is 22.5 Å². The maximum Gasteiger partial charge on any atom is 0.161 e. The zero-order valence-electron chi connectivity index (χ0n) is 12.7. The van der Waals surface area contributed by atoms with Crippen LogP contribution in [0.15, 0.2) is 28.7 Å². The van der Waals surface area contributed by atoms with Gasteiger partial charge in [0, 0.05) is 6.54 Å². The van der Waals surface area contributed by atoms with Crippen molar-refractivity contribution in [2.45, 2.75) is 40.3 Å². The molecular formula is C16H21BrN2O2. The first-order chi connectivity index (χ1) is 10.2. The fourth-order valence-electron chi connectivity index (χ4n) is 2.05. The van der Waals surface area contributed by atoms with Crippen molar-refractivity contribution in [3.05, 3.63) is 40.1 Å². The smallest absolute Gasteiger partial charge is 0.161 e. The molecule has 1 heterocycles. The molecule has 0 bridgehead atoms. The Morgan fingerprint density at radius 3 is 2.43 bits per heavy atom. The van der Waals surface area contributed by atoms with E-state index in [1.165, 1.54) is 0 Å². The molecule has 0 unspecified atom stereocenters. The Balaban J connectivity index is 2.13. The van der Waals surface area contributed by atoms with Crippen LogP contribution >= 0.6 is 15.9 Å². The van der Waals surface area contributed by atoms with Gasteiger partial charge < -0.3 is 9.47 Å². The SMILES string of the molecule is CCCOc1ccccc1OCc1c(Br)c(C)nn1CC. The van der Waals surface area contributed by atoms with E-state index < -0.39 is 0 Å². The Morgan fingerprint density at radius 2 is 1.81 bits per heavy atom. The lowest BCUT2D eigenvalue weighted by molar-refractivity contribution is 0.255. The highest BCUT2D eigenvalue weighted by atomic mass is 79.9. The molecule has 1 aromatic carbocycles. The lowest BCUT2D eigenvalue weighted by Gasteiger charge is -2.13. The van der Waals surface area contributed by atoms with Gasteiger partial charge in [-0.3, -0.25) is 4.68 Å². The first-order valence-electron chi connectivity index (χ1n) is 7.23. The van der Waals surface area contributed by atoms with E-state index in [1.807, 2.05) is 35.9 Å². The largest absolute Gasteiger partial charge is 0.490 e. The van der Waals surface area contributed by atoms with Gasteiger partial charge in [0.2, 0.25) is 0 Å². The third-order valence-electron chi connectivity index (χ3n) is 3.13. The van der Waals surface area contributed by atoms with E-state index in [2.05, 4.69) is 34.9 Å². The molecule has 0 spiro atoms. The monoisotopic (exact) mass is 352 g/mol. The van der Waals surface area contributed by atoms with Crippen LogP contribution in [0.2, 0.25) is 0 Å². The predicted octanol–water partition coefficient (Wildman–Crippen LogP) is 4.34. The average molecular weight is 353 g/mol. The summed E-state index contributed by atoms with van der Waals surface area (Å²) in [5.41, 5.74) is 2.02. The summed E-state index contributed by atoms with van der Waals surface area (Å²) in [6.07, 6.45) is 0.974. The van der Waals surface area contributed by atoms with Gasteiger partial charge >= 0.3 is 0 Å². The third-order valence-corrected chi connectivity index (χ3v) is 4.16. The number of rotatable bonds is 7. The van der Waals surface area contributed by atoms with Crippen LogP contribution in [0.5, 0.6) is 11.5 Å². The zero-order chi connectivity index (χ0) is 15.2. The number of nitrogens with zero attached hydrogens (tertiary/aromatic N) is 2. The molecule has 2 aromatic rings. The minimum Gasteiger partial charge on any atom is -0.490 e. The van der Waals surface area contributed by atoms with Gasteiger partial charge in [-0.15, -0.1) is 0 Å². The first kappa shape index (κ1) is 15.9. The average Bonchev–Trinajstić information content (AvgIpc) is 2.78. The first-order valence-corrected chi connectivity index (χ1v) is 8.03. The number of hydrogen-bond acceptors (Lipinski definition) is 3. The molecule has 0 atom stereocenters.